The van der Waals surface area contributed by atoms with E-state index >= 15 is 4.39 Å². The first-order valence-corrected chi connectivity index (χ1v) is 17.0. The third-order valence-electron chi connectivity index (χ3n) is 11.1. The Labute approximate surface area is 274 Å². The lowest BCUT2D eigenvalue weighted by molar-refractivity contribution is -0.194. The summed E-state index contributed by atoms with van der Waals surface area (Å²) in [6.45, 7) is 0.410. The number of fused-ring (bicyclic) bond motifs is 2. The Balaban J connectivity index is 0.954. The molecule has 2 saturated carbocycles. The van der Waals surface area contributed by atoms with Crippen molar-refractivity contribution >= 4 is 35.4 Å². The molecule has 0 radical (unpaired) electrons. The molecule has 15 heteroatoms. The maximum Gasteiger partial charge on any atom is 0.407 e. The van der Waals surface area contributed by atoms with Crippen LogP contribution >= 0.6 is 11.6 Å². The van der Waals surface area contributed by atoms with Gasteiger partial charge in [-0.3, -0.25) is 29.5 Å². The molecule has 0 bridgehead atoms. The fraction of sp³-hybridized carbons (Fsp3) is 0.688. The summed E-state index contributed by atoms with van der Waals surface area (Å²) in [5.74, 6) is -2.69. The number of alkyl carbamates (subject to hydrolysis) is 1. The third kappa shape index (κ3) is 5.98. The maximum absolute atomic E-state index is 15.6. The van der Waals surface area contributed by atoms with Crippen LogP contribution < -0.4 is 10.6 Å². The molecule has 4 unspecified atom stereocenters. The van der Waals surface area contributed by atoms with E-state index in [2.05, 4.69) is 15.5 Å². The van der Waals surface area contributed by atoms with Crippen LogP contribution in [0.1, 0.15) is 92.1 Å². The number of benzene rings is 1. The second kappa shape index (κ2) is 12.5. The molecule has 7 rings (SSSR count). The molecular formula is C32H38ClF4N5O5. The van der Waals surface area contributed by atoms with Gasteiger partial charge in [0.15, 0.2) is 0 Å². The van der Waals surface area contributed by atoms with Crippen LogP contribution in [0.2, 0.25) is 5.02 Å². The molecule has 2 aliphatic carbocycles. The minimum Gasteiger partial charge on any atom is -0.446 e. The van der Waals surface area contributed by atoms with Crippen molar-refractivity contribution in [1.29, 1.82) is 0 Å². The van der Waals surface area contributed by atoms with Crippen molar-refractivity contribution in [3.63, 3.8) is 0 Å². The van der Waals surface area contributed by atoms with Crippen LogP contribution in [0.5, 0.6) is 0 Å². The number of halogens is 5. The third-order valence-corrected chi connectivity index (χ3v) is 11.5. The molecule has 0 spiro atoms. The lowest BCUT2D eigenvalue weighted by Crippen LogP contribution is -2.59. The zero-order chi connectivity index (χ0) is 33.2. The van der Waals surface area contributed by atoms with E-state index in [1.807, 2.05) is 0 Å². The first-order chi connectivity index (χ1) is 22.4. The lowest BCUT2D eigenvalue weighted by Gasteiger charge is -2.49. The number of nitrogens with zero attached hydrogens (tertiary/aromatic N) is 3. The number of hydrogen-bond acceptors (Lipinski definition) is 7. The van der Waals surface area contributed by atoms with Crippen LogP contribution in [0.15, 0.2) is 6.07 Å². The van der Waals surface area contributed by atoms with E-state index in [4.69, 9.17) is 16.3 Å². The standard InChI is InChI=1S/C32H38ClF4N5O5/c33-21-10-16(28(34)27-20(21)15-41(30(27)45)23-7-8-26(43)39-29(23)44)14-38-31(46)47-19-11-18(12-19)42-22-6-3-9-40(17-4-1-2-5-17)24(22)13-25(42)32(35,36)37/h10,17-19,22-25H,1-9,11-15H2,(H,38,46)(H,39,43,44). The molecule has 4 amide bonds. The molecule has 5 fully saturated rings. The number of ether oxygens (including phenoxy) is 1. The average molecular weight is 684 g/mol. The highest BCUT2D eigenvalue weighted by atomic mass is 35.5. The summed E-state index contributed by atoms with van der Waals surface area (Å²) in [4.78, 5) is 54.9. The van der Waals surface area contributed by atoms with Crippen LogP contribution in [0.25, 0.3) is 0 Å². The van der Waals surface area contributed by atoms with Gasteiger partial charge in [0.25, 0.3) is 5.91 Å². The van der Waals surface area contributed by atoms with Gasteiger partial charge in [-0.15, -0.1) is 0 Å². The van der Waals surface area contributed by atoms with Gasteiger partial charge in [-0.25, -0.2) is 9.18 Å². The van der Waals surface area contributed by atoms with Gasteiger partial charge in [-0.2, -0.15) is 13.2 Å². The van der Waals surface area contributed by atoms with Gasteiger partial charge in [0.2, 0.25) is 11.8 Å². The van der Waals surface area contributed by atoms with E-state index in [1.165, 1.54) is 11.0 Å². The SMILES string of the molecule is O=C1CCC(N2Cc3c(Cl)cc(CNC(=O)OC4CC(N5C6CCCN(C7CCCC7)C6CC5C(F)(F)F)C4)c(F)c3C2=O)C(=O)N1. The van der Waals surface area contributed by atoms with E-state index < -0.39 is 54.0 Å². The maximum atomic E-state index is 15.6. The predicted molar refractivity (Wildman–Crippen MR) is 160 cm³/mol. The number of carbonyl (C=O) groups excluding carboxylic acids is 4. The Morgan fingerprint density at radius 3 is 2.47 bits per heavy atom. The van der Waals surface area contributed by atoms with Crippen molar-refractivity contribution in [2.45, 2.75) is 132 Å². The molecule has 10 nitrogen and oxygen atoms in total. The second-order valence-corrected chi connectivity index (χ2v) is 14.2. The summed E-state index contributed by atoms with van der Waals surface area (Å²) in [6, 6.07) is -1.41. The topological polar surface area (TPSA) is 111 Å². The lowest BCUT2D eigenvalue weighted by atomic mass is 9.85. The van der Waals surface area contributed by atoms with Crippen LogP contribution in [-0.2, 0) is 27.4 Å². The smallest absolute Gasteiger partial charge is 0.407 e. The highest BCUT2D eigenvalue weighted by molar-refractivity contribution is 6.32. The molecule has 2 N–H and O–H groups in total. The van der Waals surface area contributed by atoms with Gasteiger partial charge in [-0.05, 0) is 51.1 Å². The van der Waals surface area contributed by atoms with E-state index in [0.717, 1.165) is 45.1 Å². The van der Waals surface area contributed by atoms with Crippen molar-refractivity contribution in [3.05, 3.63) is 33.6 Å². The number of piperidine rings is 2. The summed E-state index contributed by atoms with van der Waals surface area (Å²) >= 11 is 6.39. The monoisotopic (exact) mass is 683 g/mol. The van der Waals surface area contributed by atoms with E-state index in [1.54, 1.807) is 4.90 Å². The van der Waals surface area contributed by atoms with E-state index in [0.29, 0.717) is 6.04 Å². The Hall–Kier alpha value is -2.97. The summed E-state index contributed by atoms with van der Waals surface area (Å²) in [5.41, 5.74) is -0.126. The Morgan fingerprint density at radius 2 is 1.77 bits per heavy atom. The number of carbonyl (C=O) groups is 4. The largest absolute Gasteiger partial charge is 0.446 e. The van der Waals surface area contributed by atoms with Gasteiger partial charge < -0.3 is 15.0 Å². The molecular weight excluding hydrogens is 646 g/mol. The van der Waals surface area contributed by atoms with Gasteiger partial charge in [0, 0.05) is 72.7 Å². The van der Waals surface area contributed by atoms with E-state index in [-0.39, 0.29) is 85.0 Å². The first kappa shape index (κ1) is 32.6. The van der Waals surface area contributed by atoms with Crippen molar-refractivity contribution < 1.29 is 41.5 Å². The number of alkyl halides is 3. The van der Waals surface area contributed by atoms with Crippen molar-refractivity contribution in [1.82, 2.24) is 25.3 Å². The molecule has 47 heavy (non-hydrogen) atoms. The van der Waals surface area contributed by atoms with E-state index in [9.17, 15) is 32.3 Å². The minimum absolute atomic E-state index is 0.0484. The predicted octanol–water partition coefficient (Wildman–Crippen LogP) is 4.41. The van der Waals surface area contributed by atoms with Gasteiger partial charge in [-0.1, -0.05) is 24.4 Å². The summed E-state index contributed by atoms with van der Waals surface area (Å²) < 4.78 is 64.0. The minimum atomic E-state index is -4.34. The average Bonchev–Trinajstić information content (AvgIpc) is 3.74. The Kier molecular flexibility index (Phi) is 8.65. The summed E-state index contributed by atoms with van der Waals surface area (Å²) in [5, 5.41) is 4.75. The van der Waals surface area contributed by atoms with Gasteiger partial charge in [0.1, 0.15) is 24.0 Å². The number of amides is 4. The number of likely N-dealkylation sites (tertiary alicyclic amines) is 2. The Bertz CT molecular complexity index is 1470. The van der Waals surface area contributed by atoms with Gasteiger partial charge >= 0.3 is 12.3 Å². The highest BCUT2D eigenvalue weighted by Crippen LogP contribution is 2.47. The van der Waals surface area contributed by atoms with Gasteiger partial charge in [0.05, 0.1) is 5.56 Å². The quantitative estimate of drug-likeness (QED) is 0.338. The molecule has 256 valence electrons. The van der Waals surface area contributed by atoms with Crippen molar-refractivity contribution in [2.24, 2.45) is 0 Å². The summed E-state index contributed by atoms with van der Waals surface area (Å²) in [6.07, 6.45) is 1.00. The zero-order valence-corrected chi connectivity index (χ0v) is 26.5. The van der Waals surface area contributed by atoms with Crippen LogP contribution in [0, 0.1) is 5.82 Å². The summed E-state index contributed by atoms with van der Waals surface area (Å²) in [7, 11) is 0. The fourth-order valence-corrected chi connectivity index (χ4v) is 9.16. The number of hydrogen-bond donors (Lipinski definition) is 2. The second-order valence-electron chi connectivity index (χ2n) is 13.8. The molecule has 3 saturated heterocycles. The number of rotatable bonds is 6. The molecule has 6 aliphatic rings. The van der Waals surface area contributed by atoms with Crippen LogP contribution in [0.4, 0.5) is 22.4 Å². The first-order valence-electron chi connectivity index (χ1n) is 16.6. The molecule has 1 aromatic rings. The highest BCUT2D eigenvalue weighted by Gasteiger charge is 2.59. The Morgan fingerprint density at radius 1 is 1.02 bits per heavy atom. The molecule has 4 atom stereocenters. The normalized spacial score (nSPS) is 31.9. The van der Waals surface area contributed by atoms with Crippen LogP contribution in [-0.4, -0.2) is 93.6 Å². The molecule has 4 heterocycles. The van der Waals surface area contributed by atoms with Crippen molar-refractivity contribution in [3.8, 4) is 0 Å². The van der Waals surface area contributed by atoms with Crippen molar-refractivity contribution in [2.75, 3.05) is 6.54 Å². The zero-order valence-electron chi connectivity index (χ0n) is 25.8. The fourth-order valence-electron chi connectivity index (χ4n) is 8.88. The number of nitrogens with one attached hydrogen (secondary N) is 2. The van der Waals surface area contributed by atoms with Crippen LogP contribution in [0.3, 0.4) is 0 Å². The molecule has 1 aromatic carbocycles. The number of imide groups is 1. The molecule has 4 aliphatic heterocycles. The molecule has 0 aromatic heterocycles.